The summed E-state index contributed by atoms with van der Waals surface area (Å²) in [4.78, 5) is 0. The fraction of sp³-hybridized carbons (Fsp3) is 1.00. The molecule has 2 rings (SSSR count). The minimum atomic E-state index is 0.203. The van der Waals surface area contributed by atoms with Gasteiger partial charge >= 0.3 is 0 Å². The van der Waals surface area contributed by atoms with Gasteiger partial charge in [0.05, 0.1) is 6.10 Å². The lowest BCUT2D eigenvalue weighted by molar-refractivity contribution is 0.0145. The molecule has 0 unspecified atom stereocenters. The first kappa shape index (κ1) is 8.52. The normalized spacial score (nSPS) is 34.0. The zero-order valence-electron chi connectivity index (χ0n) is 8.10. The van der Waals surface area contributed by atoms with Crippen LogP contribution in [0.5, 0.6) is 0 Å². The van der Waals surface area contributed by atoms with Gasteiger partial charge in [0.25, 0.3) is 0 Å². The third kappa shape index (κ3) is 1.80. The summed E-state index contributed by atoms with van der Waals surface area (Å²) in [6.07, 6.45) is 4.40. The van der Waals surface area contributed by atoms with Crippen molar-refractivity contribution in [2.45, 2.75) is 44.8 Å². The average molecular weight is 169 g/mol. The molecule has 70 valence electrons. The first-order valence-electron chi connectivity index (χ1n) is 5.05. The van der Waals surface area contributed by atoms with Gasteiger partial charge < -0.3 is 10.1 Å². The minimum Gasteiger partial charge on any atom is -0.376 e. The number of hydrogen-bond donors (Lipinski definition) is 1. The second-order valence-electron chi connectivity index (χ2n) is 4.70. The van der Waals surface area contributed by atoms with Crippen LogP contribution in [0.25, 0.3) is 0 Å². The Bertz CT molecular complexity index is 163. The molecular formula is C10H19NO. The van der Waals surface area contributed by atoms with Gasteiger partial charge in [-0.1, -0.05) is 0 Å². The van der Waals surface area contributed by atoms with Crippen molar-refractivity contribution in [2.24, 2.45) is 5.92 Å². The predicted octanol–water partition coefficient (Wildman–Crippen LogP) is 1.55. The van der Waals surface area contributed by atoms with E-state index in [1.807, 2.05) is 0 Å². The standard InChI is InChI=1S/C10H19NO/c1-10(2)9(5-6-11-10)12-7-8-3-4-8/h8-9,11H,3-7H2,1-2H3/t9-/m1/s1. The van der Waals surface area contributed by atoms with Crippen LogP contribution in [0.1, 0.15) is 33.1 Å². The largest absolute Gasteiger partial charge is 0.376 e. The quantitative estimate of drug-likeness (QED) is 0.692. The van der Waals surface area contributed by atoms with Gasteiger partial charge in [-0.15, -0.1) is 0 Å². The van der Waals surface area contributed by atoms with Crippen molar-refractivity contribution < 1.29 is 4.74 Å². The molecule has 0 bridgehead atoms. The van der Waals surface area contributed by atoms with Crippen molar-refractivity contribution in [1.29, 1.82) is 0 Å². The monoisotopic (exact) mass is 169 g/mol. The van der Waals surface area contributed by atoms with Crippen LogP contribution < -0.4 is 5.32 Å². The molecule has 0 amide bonds. The predicted molar refractivity (Wildman–Crippen MR) is 49.2 cm³/mol. The number of ether oxygens (including phenoxy) is 1. The lowest BCUT2D eigenvalue weighted by Gasteiger charge is -2.27. The van der Waals surface area contributed by atoms with Crippen molar-refractivity contribution in [3.05, 3.63) is 0 Å². The van der Waals surface area contributed by atoms with E-state index in [-0.39, 0.29) is 5.54 Å². The van der Waals surface area contributed by atoms with Gasteiger partial charge in [0, 0.05) is 12.1 Å². The van der Waals surface area contributed by atoms with Gasteiger partial charge in [-0.05, 0) is 45.6 Å². The SMILES string of the molecule is CC1(C)NCC[C@H]1OCC1CC1. The maximum Gasteiger partial charge on any atom is 0.0763 e. The summed E-state index contributed by atoms with van der Waals surface area (Å²) < 4.78 is 5.88. The molecule has 12 heavy (non-hydrogen) atoms. The highest BCUT2D eigenvalue weighted by Gasteiger charge is 2.36. The molecule has 0 spiro atoms. The maximum atomic E-state index is 5.88. The highest BCUT2D eigenvalue weighted by Crippen LogP contribution is 2.31. The summed E-state index contributed by atoms with van der Waals surface area (Å²) in [6, 6.07) is 0. The number of rotatable bonds is 3. The van der Waals surface area contributed by atoms with Gasteiger partial charge in [-0.3, -0.25) is 0 Å². The van der Waals surface area contributed by atoms with E-state index in [1.54, 1.807) is 0 Å². The van der Waals surface area contributed by atoms with Crippen LogP contribution in [0.2, 0.25) is 0 Å². The smallest absolute Gasteiger partial charge is 0.0763 e. The molecule has 1 aliphatic heterocycles. The summed E-state index contributed by atoms with van der Waals surface area (Å²) in [7, 11) is 0. The Kier molecular flexibility index (Phi) is 2.13. The highest BCUT2D eigenvalue weighted by atomic mass is 16.5. The molecule has 1 aliphatic carbocycles. The van der Waals surface area contributed by atoms with Crippen molar-refractivity contribution >= 4 is 0 Å². The topological polar surface area (TPSA) is 21.3 Å². The summed E-state index contributed by atoms with van der Waals surface area (Å²) in [5.41, 5.74) is 0.203. The van der Waals surface area contributed by atoms with Crippen LogP contribution in [-0.2, 0) is 4.74 Å². The Morgan fingerprint density at radius 2 is 2.08 bits per heavy atom. The second-order valence-corrected chi connectivity index (χ2v) is 4.70. The molecule has 1 saturated heterocycles. The summed E-state index contributed by atoms with van der Waals surface area (Å²) >= 11 is 0. The molecule has 0 aromatic heterocycles. The van der Waals surface area contributed by atoms with E-state index in [0.717, 1.165) is 19.1 Å². The summed E-state index contributed by atoms with van der Waals surface area (Å²) in [5, 5.41) is 3.47. The van der Waals surface area contributed by atoms with Crippen molar-refractivity contribution in [1.82, 2.24) is 5.32 Å². The Balaban J connectivity index is 1.77. The Morgan fingerprint density at radius 1 is 1.33 bits per heavy atom. The van der Waals surface area contributed by atoms with Crippen molar-refractivity contribution in [3.8, 4) is 0 Å². The van der Waals surface area contributed by atoms with Crippen LogP contribution in [-0.4, -0.2) is 24.8 Å². The summed E-state index contributed by atoms with van der Waals surface area (Å²) in [6.45, 7) is 6.58. The molecule has 2 fully saturated rings. The molecule has 0 radical (unpaired) electrons. The number of nitrogens with one attached hydrogen (secondary N) is 1. The van der Waals surface area contributed by atoms with Gasteiger partial charge in [0.15, 0.2) is 0 Å². The van der Waals surface area contributed by atoms with E-state index in [0.29, 0.717) is 6.10 Å². The van der Waals surface area contributed by atoms with Crippen LogP contribution >= 0.6 is 0 Å². The fourth-order valence-corrected chi connectivity index (χ4v) is 1.83. The maximum absolute atomic E-state index is 5.88. The van der Waals surface area contributed by atoms with Gasteiger partial charge in [-0.2, -0.15) is 0 Å². The van der Waals surface area contributed by atoms with Gasteiger partial charge in [-0.25, -0.2) is 0 Å². The molecule has 2 nitrogen and oxygen atoms in total. The molecular weight excluding hydrogens is 150 g/mol. The fourth-order valence-electron chi connectivity index (χ4n) is 1.83. The van der Waals surface area contributed by atoms with Crippen LogP contribution in [0, 0.1) is 5.92 Å². The van der Waals surface area contributed by atoms with Crippen molar-refractivity contribution in [3.63, 3.8) is 0 Å². The van der Waals surface area contributed by atoms with Gasteiger partial charge in [0.2, 0.25) is 0 Å². The van der Waals surface area contributed by atoms with E-state index in [4.69, 9.17) is 4.74 Å². The molecule has 2 heteroatoms. The lowest BCUT2D eigenvalue weighted by Crippen LogP contribution is -2.42. The molecule has 2 aliphatic rings. The molecule has 0 aromatic carbocycles. The molecule has 1 saturated carbocycles. The second kappa shape index (κ2) is 3.00. The molecule has 1 heterocycles. The van der Waals surface area contributed by atoms with E-state index in [2.05, 4.69) is 19.2 Å². The first-order valence-corrected chi connectivity index (χ1v) is 5.05. The third-order valence-corrected chi connectivity index (χ3v) is 3.02. The van der Waals surface area contributed by atoms with Crippen molar-refractivity contribution in [2.75, 3.05) is 13.2 Å². The molecule has 1 N–H and O–H groups in total. The van der Waals surface area contributed by atoms with Crippen LogP contribution in [0.15, 0.2) is 0 Å². The van der Waals surface area contributed by atoms with E-state index in [9.17, 15) is 0 Å². The number of hydrogen-bond acceptors (Lipinski definition) is 2. The Morgan fingerprint density at radius 3 is 2.58 bits per heavy atom. The third-order valence-electron chi connectivity index (χ3n) is 3.02. The summed E-state index contributed by atoms with van der Waals surface area (Å²) in [5.74, 6) is 0.890. The Hall–Kier alpha value is -0.0800. The minimum absolute atomic E-state index is 0.203. The first-order chi connectivity index (χ1) is 5.68. The Labute approximate surface area is 74.7 Å². The van der Waals surface area contributed by atoms with E-state index < -0.39 is 0 Å². The van der Waals surface area contributed by atoms with E-state index >= 15 is 0 Å². The van der Waals surface area contributed by atoms with E-state index in [1.165, 1.54) is 19.3 Å². The van der Waals surface area contributed by atoms with Crippen LogP contribution in [0.4, 0.5) is 0 Å². The lowest BCUT2D eigenvalue weighted by atomic mass is 10.00. The molecule has 1 atom stereocenters. The van der Waals surface area contributed by atoms with Gasteiger partial charge in [0.1, 0.15) is 0 Å². The zero-order chi connectivity index (χ0) is 8.60. The average Bonchev–Trinajstić information content (AvgIpc) is 2.74. The van der Waals surface area contributed by atoms with Crippen LogP contribution in [0.3, 0.4) is 0 Å². The highest BCUT2D eigenvalue weighted by molar-refractivity contribution is 4.93. The zero-order valence-corrected chi connectivity index (χ0v) is 8.10. The molecule has 0 aromatic rings.